The maximum absolute atomic E-state index is 12.5. The molecule has 1 aromatic carbocycles. The highest BCUT2D eigenvalue weighted by molar-refractivity contribution is 7.89. The Hall–Kier alpha value is -1.07. The fourth-order valence-corrected chi connectivity index (χ4v) is 4.13. The maximum atomic E-state index is 12.5. The van der Waals surface area contributed by atoms with Gasteiger partial charge in [0.05, 0.1) is 4.90 Å². The molecule has 2 N–H and O–H groups in total. The van der Waals surface area contributed by atoms with Crippen LogP contribution in [0.4, 0.5) is 5.69 Å². The fraction of sp³-hybridized carbons (Fsp3) is 0.625. The van der Waals surface area contributed by atoms with Crippen LogP contribution in [0.1, 0.15) is 44.2 Å². The molecular weight excluding hydrogens is 284 g/mol. The average molecular weight is 310 g/mol. The Labute approximate surface area is 128 Å². The summed E-state index contributed by atoms with van der Waals surface area (Å²) in [7, 11) is -3.43. The fourth-order valence-electron chi connectivity index (χ4n) is 2.48. The van der Waals surface area contributed by atoms with Crippen LogP contribution in [0.15, 0.2) is 17.0 Å². The van der Waals surface area contributed by atoms with Crippen molar-refractivity contribution in [3.8, 4) is 0 Å². The highest BCUT2D eigenvalue weighted by atomic mass is 32.2. The molecule has 0 bridgehead atoms. The number of benzene rings is 1. The average Bonchev–Trinajstić information content (AvgIpc) is 3.12. The molecule has 1 aliphatic rings. The van der Waals surface area contributed by atoms with Gasteiger partial charge in [-0.15, -0.1) is 0 Å². The van der Waals surface area contributed by atoms with Gasteiger partial charge in [0.25, 0.3) is 0 Å². The molecule has 0 spiro atoms. The number of rotatable bonds is 7. The standard InChI is InChI=1S/C16H26N2O2S/c1-5-8-17-14-9-12(2)15(13(3)10-14)21(19,20)18-11-16(4)6-7-16/h9-10,17-18H,5-8,11H2,1-4H3. The first-order valence-electron chi connectivity index (χ1n) is 7.62. The molecule has 0 saturated heterocycles. The molecule has 1 saturated carbocycles. The second-order valence-corrected chi connectivity index (χ2v) is 8.20. The highest BCUT2D eigenvalue weighted by Crippen LogP contribution is 2.44. The lowest BCUT2D eigenvalue weighted by Gasteiger charge is -2.16. The topological polar surface area (TPSA) is 58.2 Å². The summed E-state index contributed by atoms with van der Waals surface area (Å²) in [6, 6.07) is 3.83. The normalized spacial score (nSPS) is 16.8. The van der Waals surface area contributed by atoms with E-state index in [0.29, 0.717) is 11.4 Å². The quantitative estimate of drug-likeness (QED) is 0.813. The SMILES string of the molecule is CCCNc1cc(C)c(S(=O)(=O)NCC2(C)CC2)c(C)c1. The van der Waals surface area contributed by atoms with Crippen molar-refractivity contribution in [3.63, 3.8) is 0 Å². The van der Waals surface area contributed by atoms with E-state index >= 15 is 0 Å². The van der Waals surface area contributed by atoms with Crippen LogP contribution in [0, 0.1) is 19.3 Å². The molecular formula is C16H26N2O2S. The van der Waals surface area contributed by atoms with Crippen molar-refractivity contribution < 1.29 is 8.42 Å². The third kappa shape index (κ3) is 3.98. The molecule has 5 heteroatoms. The van der Waals surface area contributed by atoms with Crippen molar-refractivity contribution in [1.29, 1.82) is 0 Å². The Morgan fingerprint density at radius 1 is 1.19 bits per heavy atom. The smallest absolute Gasteiger partial charge is 0.241 e. The Bertz CT molecular complexity index is 596. The Morgan fingerprint density at radius 3 is 2.24 bits per heavy atom. The number of hydrogen-bond donors (Lipinski definition) is 2. The lowest BCUT2D eigenvalue weighted by Crippen LogP contribution is -2.30. The summed E-state index contributed by atoms with van der Waals surface area (Å²) in [5, 5.41) is 3.31. The first kappa shape index (κ1) is 16.3. The zero-order valence-corrected chi connectivity index (χ0v) is 14.2. The van der Waals surface area contributed by atoms with E-state index in [2.05, 4.69) is 23.9 Å². The summed E-state index contributed by atoms with van der Waals surface area (Å²) < 4.78 is 27.9. The second-order valence-electron chi connectivity index (χ2n) is 6.50. The lowest BCUT2D eigenvalue weighted by molar-refractivity contribution is 0.530. The maximum Gasteiger partial charge on any atom is 0.241 e. The van der Waals surface area contributed by atoms with Crippen molar-refractivity contribution >= 4 is 15.7 Å². The monoisotopic (exact) mass is 310 g/mol. The van der Waals surface area contributed by atoms with Gasteiger partial charge in [-0.3, -0.25) is 0 Å². The predicted octanol–water partition coefficient (Wildman–Crippen LogP) is 3.20. The Morgan fingerprint density at radius 2 is 1.76 bits per heavy atom. The molecule has 0 aromatic heterocycles. The van der Waals surface area contributed by atoms with E-state index in [0.717, 1.165) is 42.6 Å². The van der Waals surface area contributed by atoms with E-state index in [1.807, 2.05) is 26.0 Å². The zero-order valence-electron chi connectivity index (χ0n) is 13.4. The Balaban J connectivity index is 2.21. The zero-order chi connectivity index (χ0) is 15.7. The van der Waals surface area contributed by atoms with Crippen LogP contribution in [-0.4, -0.2) is 21.5 Å². The van der Waals surface area contributed by atoms with Crippen LogP contribution in [0.5, 0.6) is 0 Å². The first-order chi connectivity index (χ1) is 9.77. The van der Waals surface area contributed by atoms with Gasteiger partial charge in [0.15, 0.2) is 0 Å². The van der Waals surface area contributed by atoms with Crippen LogP contribution in [0.25, 0.3) is 0 Å². The molecule has 21 heavy (non-hydrogen) atoms. The van der Waals surface area contributed by atoms with E-state index in [1.54, 1.807) is 0 Å². The van der Waals surface area contributed by atoms with E-state index in [9.17, 15) is 8.42 Å². The van der Waals surface area contributed by atoms with Crippen molar-refractivity contribution in [2.75, 3.05) is 18.4 Å². The molecule has 1 aliphatic carbocycles. The molecule has 1 aromatic rings. The molecule has 0 aliphatic heterocycles. The molecule has 118 valence electrons. The van der Waals surface area contributed by atoms with Crippen LogP contribution in [-0.2, 0) is 10.0 Å². The molecule has 0 radical (unpaired) electrons. The first-order valence-corrected chi connectivity index (χ1v) is 9.10. The van der Waals surface area contributed by atoms with Gasteiger partial charge in [-0.2, -0.15) is 0 Å². The summed E-state index contributed by atoms with van der Waals surface area (Å²) in [4.78, 5) is 0.425. The number of hydrogen-bond acceptors (Lipinski definition) is 3. The van der Waals surface area contributed by atoms with Gasteiger partial charge in [0, 0.05) is 18.8 Å². The molecule has 1 fully saturated rings. The van der Waals surface area contributed by atoms with E-state index < -0.39 is 10.0 Å². The molecule has 0 atom stereocenters. The Kier molecular flexibility index (Phi) is 4.63. The van der Waals surface area contributed by atoms with Crippen molar-refractivity contribution in [2.24, 2.45) is 5.41 Å². The van der Waals surface area contributed by atoms with Gasteiger partial charge >= 0.3 is 0 Å². The van der Waals surface area contributed by atoms with E-state index in [1.165, 1.54) is 0 Å². The summed E-state index contributed by atoms with van der Waals surface area (Å²) in [5.41, 5.74) is 2.74. The largest absolute Gasteiger partial charge is 0.385 e. The van der Waals surface area contributed by atoms with Gasteiger partial charge in [0.1, 0.15) is 0 Å². The van der Waals surface area contributed by atoms with Crippen LogP contribution < -0.4 is 10.0 Å². The lowest BCUT2D eigenvalue weighted by atomic mass is 10.1. The number of aryl methyl sites for hydroxylation is 2. The summed E-state index contributed by atoms with van der Waals surface area (Å²) in [5.74, 6) is 0. The van der Waals surface area contributed by atoms with Gasteiger partial charge in [-0.1, -0.05) is 13.8 Å². The van der Waals surface area contributed by atoms with E-state index in [4.69, 9.17) is 0 Å². The van der Waals surface area contributed by atoms with Crippen molar-refractivity contribution in [3.05, 3.63) is 23.3 Å². The van der Waals surface area contributed by atoms with Crippen LogP contribution in [0.3, 0.4) is 0 Å². The summed E-state index contributed by atoms with van der Waals surface area (Å²) >= 11 is 0. The summed E-state index contributed by atoms with van der Waals surface area (Å²) in [6.07, 6.45) is 3.25. The predicted molar refractivity (Wildman–Crippen MR) is 87.2 cm³/mol. The number of anilines is 1. The van der Waals surface area contributed by atoms with Gasteiger partial charge in [0.2, 0.25) is 10.0 Å². The van der Waals surface area contributed by atoms with Crippen LogP contribution in [0.2, 0.25) is 0 Å². The minimum atomic E-state index is -3.43. The van der Waals surface area contributed by atoms with E-state index in [-0.39, 0.29) is 5.41 Å². The second kappa shape index (κ2) is 5.97. The summed E-state index contributed by atoms with van der Waals surface area (Å²) in [6.45, 7) is 9.36. The minimum Gasteiger partial charge on any atom is -0.385 e. The highest BCUT2D eigenvalue weighted by Gasteiger charge is 2.38. The third-order valence-electron chi connectivity index (χ3n) is 4.10. The van der Waals surface area contributed by atoms with Gasteiger partial charge in [-0.25, -0.2) is 13.1 Å². The molecule has 0 heterocycles. The molecule has 2 rings (SSSR count). The molecule has 0 unspecified atom stereocenters. The molecule has 0 amide bonds. The van der Waals surface area contributed by atoms with Gasteiger partial charge < -0.3 is 5.32 Å². The van der Waals surface area contributed by atoms with Crippen molar-refractivity contribution in [2.45, 2.75) is 51.9 Å². The minimum absolute atomic E-state index is 0.164. The van der Waals surface area contributed by atoms with Gasteiger partial charge in [-0.05, 0) is 61.8 Å². The number of nitrogens with one attached hydrogen (secondary N) is 2. The van der Waals surface area contributed by atoms with Crippen LogP contribution >= 0.6 is 0 Å². The third-order valence-corrected chi connectivity index (χ3v) is 5.81. The van der Waals surface area contributed by atoms with Crippen molar-refractivity contribution in [1.82, 2.24) is 4.72 Å². The molecule has 4 nitrogen and oxygen atoms in total. The number of sulfonamides is 1.